The van der Waals surface area contributed by atoms with Crippen molar-refractivity contribution in [3.05, 3.63) is 36.4 Å². The molecule has 1 aromatic heterocycles. The molecule has 2 heterocycles. The number of methoxy groups -OCH3 is 1. The van der Waals surface area contributed by atoms with Gasteiger partial charge in [-0.1, -0.05) is 6.07 Å². The van der Waals surface area contributed by atoms with Crippen LogP contribution in [0.2, 0.25) is 0 Å². The number of fused-ring (bicyclic) bond motifs is 1. The summed E-state index contributed by atoms with van der Waals surface area (Å²) in [7, 11) is 1.65. The molecule has 0 saturated heterocycles. The van der Waals surface area contributed by atoms with Gasteiger partial charge in [0, 0.05) is 38.0 Å². The van der Waals surface area contributed by atoms with Gasteiger partial charge in [0.15, 0.2) is 5.96 Å². The average molecular weight is 500 g/mol. The number of hydrogen-bond acceptors (Lipinski definition) is 5. The summed E-state index contributed by atoms with van der Waals surface area (Å²) in [5.74, 6) is 3.51. The maximum absolute atomic E-state index is 5.76. The molecule has 1 unspecified atom stereocenters. The maximum Gasteiger partial charge on any atom is 0.191 e. The smallest absolute Gasteiger partial charge is 0.191 e. The van der Waals surface area contributed by atoms with Gasteiger partial charge in [-0.2, -0.15) is 5.10 Å². The minimum atomic E-state index is 0. The number of benzene rings is 1. The van der Waals surface area contributed by atoms with E-state index in [-0.39, 0.29) is 24.0 Å². The number of aliphatic imine (C=N–C) groups is 1. The Morgan fingerprint density at radius 2 is 2.21 bits per heavy atom. The molecule has 0 radical (unpaired) electrons. The van der Waals surface area contributed by atoms with Crippen molar-refractivity contribution in [2.45, 2.75) is 38.8 Å². The second-order valence-electron chi connectivity index (χ2n) is 6.38. The molecule has 2 aromatic rings. The zero-order valence-electron chi connectivity index (χ0n) is 16.4. The number of guanidine groups is 1. The third kappa shape index (κ3) is 6.54. The summed E-state index contributed by atoms with van der Waals surface area (Å²) >= 11 is 0. The van der Waals surface area contributed by atoms with Gasteiger partial charge in [-0.05, 0) is 25.5 Å². The molecule has 0 aliphatic carbocycles. The Hall–Kier alpha value is -2.04. The third-order valence-electron chi connectivity index (χ3n) is 4.37. The first-order chi connectivity index (χ1) is 13.3. The van der Waals surface area contributed by atoms with Crippen LogP contribution in [0, 0.1) is 0 Å². The zero-order valence-corrected chi connectivity index (χ0v) is 18.8. The average Bonchev–Trinajstić information content (AvgIpc) is 3.16. The van der Waals surface area contributed by atoms with Gasteiger partial charge in [0.05, 0.1) is 20.3 Å². The van der Waals surface area contributed by atoms with Crippen molar-refractivity contribution in [2.75, 3.05) is 26.8 Å². The predicted molar refractivity (Wildman–Crippen MR) is 120 cm³/mol. The first-order valence-electron chi connectivity index (χ1n) is 9.47. The van der Waals surface area contributed by atoms with Crippen LogP contribution in [0.5, 0.6) is 11.5 Å². The van der Waals surface area contributed by atoms with Gasteiger partial charge in [0.1, 0.15) is 23.7 Å². The molecule has 0 spiro atoms. The molecular weight excluding hydrogens is 471 g/mol. The fourth-order valence-electron chi connectivity index (χ4n) is 3.01. The molecular formula is C19H29IN6O2. The molecule has 0 amide bonds. The van der Waals surface area contributed by atoms with Gasteiger partial charge in [-0.3, -0.25) is 4.99 Å². The minimum absolute atomic E-state index is 0. The van der Waals surface area contributed by atoms with Crippen LogP contribution in [-0.2, 0) is 13.0 Å². The van der Waals surface area contributed by atoms with Crippen molar-refractivity contribution in [3.8, 4) is 11.5 Å². The Morgan fingerprint density at radius 1 is 1.36 bits per heavy atom. The number of aryl methyl sites for hydroxylation is 1. The molecule has 0 bridgehead atoms. The van der Waals surface area contributed by atoms with E-state index in [1.807, 2.05) is 28.9 Å². The van der Waals surface area contributed by atoms with E-state index in [0.717, 1.165) is 55.6 Å². The Kier molecular flexibility index (Phi) is 9.32. The fourth-order valence-corrected chi connectivity index (χ4v) is 3.01. The number of aromatic nitrogens is 3. The molecule has 3 rings (SSSR count). The van der Waals surface area contributed by atoms with Gasteiger partial charge < -0.3 is 20.1 Å². The molecule has 1 aliphatic heterocycles. The van der Waals surface area contributed by atoms with E-state index in [2.05, 4.69) is 32.6 Å². The van der Waals surface area contributed by atoms with Gasteiger partial charge in [-0.15, -0.1) is 24.0 Å². The van der Waals surface area contributed by atoms with Crippen LogP contribution < -0.4 is 20.1 Å². The van der Waals surface area contributed by atoms with E-state index in [9.17, 15) is 0 Å². The van der Waals surface area contributed by atoms with Crippen LogP contribution in [0.3, 0.4) is 0 Å². The van der Waals surface area contributed by atoms with Crippen molar-refractivity contribution in [1.29, 1.82) is 0 Å². The highest BCUT2D eigenvalue weighted by molar-refractivity contribution is 14.0. The van der Waals surface area contributed by atoms with E-state index in [1.54, 1.807) is 13.4 Å². The lowest BCUT2D eigenvalue weighted by molar-refractivity contribution is 0.310. The van der Waals surface area contributed by atoms with E-state index < -0.39 is 0 Å². The van der Waals surface area contributed by atoms with Crippen molar-refractivity contribution in [3.63, 3.8) is 0 Å². The lowest BCUT2D eigenvalue weighted by Gasteiger charge is -2.25. The fraction of sp³-hybridized carbons (Fsp3) is 0.526. The molecule has 0 saturated carbocycles. The van der Waals surface area contributed by atoms with E-state index in [4.69, 9.17) is 9.47 Å². The molecule has 8 nitrogen and oxygen atoms in total. The van der Waals surface area contributed by atoms with Crippen molar-refractivity contribution < 1.29 is 9.47 Å². The standard InChI is InChI=1S/C19H28N6O2.HI/c1-3-20-19(24-15-8-9-18-22-14-23-25(18)13-15)21-10-5-11-27-17-7-4-6-16(12-17)26-2;/h4,6-7,12,14-15H,3,5,8-11,13H2,1-2H3,(H2,20,21,24);1H. The third-order valence-corrected chi connectivity index (χ3v) is 4.37. The Labute approximate surface area is 183 Å². The molecule has 1 aliphatic rings. The Balaban J connectivity index is 0.00000280. The van der Waals surface area contributed by atoms with Gasteiger partial charge in [-0.25, -0.2) is 9.67 Å². The molecule has 154 valence electrons. The van der Waals surface area contributed by atoms with Gasteiger partial charge in [0.2, 0.25) is 0 Å². The molecule has 1 atom stereocenters. The zero-order chi connectivity index (χ0) is 18.9. The second kappa shape index (κ2) is 11.7. The monoisotopic (exact) mass is 500 g/mol. The summed E-state index contributed by atoms with van der Waals surface area (Å²) < 4.78 is 12.9. The highest BCUT2D eigenvalue weighted by Crippen LogP contribution is 2.18. The van der Waals surface area contributed by atoms with E-state index in [0.29, 0.717) is 19.2 Å². The number of hydrogen-bond donors (Lipinski definition) is 2. The topological polar surface area (TPSA) is 85.6 Å². The summed E-state index contributed by atoms with van der Waals surface area (Å²) in [6, 6.07) is 7.95. The predicted octanol–water partition coefficient (Wildman–Crippen LogP) is 2.24. The van der Waals surface area contributed by atoms with Gasteiger partial charge in [0.25, 0.3) is 0 Å². The van der Waals surface area contributed by atoms with Gasteiger partial charge >= 0.3 is 0 Å². The summed E-state index contributed by atoms with van der Waals surface area (Å²) in [4.78, 5) is 8.93. The molecule has 1 aromatic carbocycles. The van der Waals surface area contributed by atoms with Crippen LogP contribution in [0.25, 0.3) is 0 Å². The summed E-state index contributed by atoms with van der Waals surface area (Å²) in [6.07, 6.45) is 4.43. The van der Waals surface area contributed by atoms with E-state index in [1.165, 1.54) is 0 Å². The van der Waals surface area contributed by atoms with Crippen LogP contribution >= 0.6 is 24.0 Å². The number of nitrogens with one attached hydrogen (secondary N) is 2. The minimum Gasteiger partial charge on any atom is -0.497 e. The largest absolute Gasteiger partial charge is 0.497 e. The Morgan fingerprint density at radius 3 is 3.04 bits per heavy atom. The number of rotatable bonds is 8. The number of nitrogens with zero attached hydrogens (tertiary/aromatic N) is 4. The number of ether oxygens (including phenoxy) is 2. The summed E-state index contributed by atoms with van der Waals surface area (Å²) in [5, 5.41) is 11.1. The quantitative estimate of drug-likeness (QED) is 0.250. The molecule has 9 heteroatoms. The van der Waals surface area contributed by atoms with Crippen LogP contribution in [0.15, 0.2) is 35.6 Å². The number of halogens is 1. The summed E-state index contributed by atoms with van der Waals surface area (Å²) in [6.45, 7) is 5.02. The highest BCUT2D eigenvalue weighted by Gasteiger charge is 2.20. The SMILES string of the molecule is CCNC(=NCCCOc1cccc(OC)c1)NC1CCc2ncnn2C1.I. The summed E-state index contributed by atoms with van der Waals surface area (Å²) in [5.41, 5.74) is 0. The lowest BCUT2D eigenvalue weighted by Crippen LogP contribution is -2.47. The lowest BCUT2D eigenvalue weighted by atomic mass is 10.1. The molecule has 28 heavy (non-hydrogen) atoms. The van der Waals surface area contributed by atoms with Crippen molar-refractivity contribution >= 4 is 29.9 Å². The van der Waals surface area contributed by atoms with Crippen LogP contribution in [0.4, 0.5) is 0 Å². The first-order valence-corrected chi connectivity index (χ1v) is 9.47. The second-order valence-corrected chi connectivity index (χ2v) is 6.38. The van der Waals surface area contributed by atoms with E-state index >= 15 is 0 Å². The van der Waals surface area contributed by atoms with Crippen molar-refractivity contribution in [2.24, 2.45) is 4.99 Å². The Bertz CT molecular complexity index is 752. The molecule has 2 N–H and O–H groups in total. The first kappa shape index (κ1) is 22.3. The van der Waals surface area contributed by atoms with Crippen LogP contribution in [-0.4, -0.2) is 53.6 Å². The van der Waals surface area contributed by atoms with Crippen molar-refractivity contribution in [1.82, 2.24) is 25.4 Å². The van der Waals surface area contributed by atoms with Crippen LogP contribution in [0.1, 0.15) is 25.6 Å². The highest BCUT2D eigenvalue weighted by atomic mass is 127. The maximum atomic E-state index is 5.76. The molecule has 0 fully saturated rings. The normalized spacial score (nSPS) is 15.9.